The smallest absolute Gasteiger partial charge is 0.248 e. The molecule has 0 bridgehead atoms. The second kappa shape index (κ2) is 9.60. The Morgan fingerprint density at radius 2 is 2.11 bits per heavy atom. The maximum Gasteiger partial charge on any atom is 0.248 e. The van der Waals surface area contributed by atoms with E-state index in [1.165, 1.54) is 0 Å². The normalized spacial score (nSPS) is 10.7. The standard InChI is InChI=1S/C13H20N4O.HI/c1-2-3-7-16-13(15)17-9-10-5-4-6-11(8-10)12(14)18;/h4-6,8H,2-3,7,9H2,1H3,(H2,14,18)(H3,15,16,17);1H. The van der Waals surface area contributed by atoms with Gasteiger partial charge in [-0.15, -0.1) is 24.0 Å². The van der Waals surface area contributed by atoms with E-state index in [2.05, 4.69) is 17.2 Å². The van der Waals surface area contributed by atoms with Gasteiger partial charge in [0.15, 0.2) is 5.96 Å². The highest BCUT2D eigenvalue weighted by atomic mass is 127. The van der Waals surface area contributed by atoms with Crippen molar-refractivity contribution in [1.82, 2.24) is 5.32 Å². The molecule has 6 heteroatoms. The van der Waals surface area contributed by atoms with Gasteiger partial charge in [-0.3, -0.25) is 4.79 Å². The summed E-state index contributed by atoms with van der Waals surface area (Å²) in [6.45, 7) is 3.38. The fourth-order valence-electron chi connectivity index (χ4n) is 1.45. The molecule has 0 radical (unpaired) electrons. The number of carbonyl (C=O) groups is 1. The highest BCUT2D eigenvalue weighted by Crippen LogP contribution is 2.05. The zero-order chi connectivity index (χ0) is 13.4. The molecule has 5 nitrogen and oxygen atoms in total. The van der Waals surface area contributed by atoms with Crippen LogP contribution >= 0.6 is 24.0 Å². The number of halogens is 1. The van der Waals surface area contributed by atoms with Crippen LogP contribution in [-0.4, -0.2) is 18.4 Å². The number of benzene rings is 1. The van der Waals surface area contributed by atoms with Crippen molar-refractivity contribution in [3.05, 3.63) is 35.4 Å². The van der Waals surface area contributed by atoms with Gasteiger partial charge in [0.1, 0.15) is 0 Å². The van der Waals surface area contributed by atoms with Crippen molar-refractivity contribution in [2.45, 2.75) is 26.3 Å². The average Bonchev–Trinajstić information content (AvgIpc) is 2.37. The van der Waals surface area contributed by atoms with Gasteiger partial charge in [-0.25, -0.2) is 4.99 Å². The van der Waals surface area contributed by atoms with Gasteiger partial charge in [-0.05, 0) is 24.1 Å². The minimum Gasteiger partial charge on any atom is -0.370 e. The van der Waals surface area contributed by atoms with Crippen molar-refractivity contribution in [3.8, 4) is 0 Å². The van der Waals surface area contributed by atoms with Crippen LogP contribution in [0.15, 0.2) is 29.3 Å². The van der Waals surface area contributed by atoms with Crippen LogP contribution in [0.1, 0.15) is 35.7 Å². The number of nitrogens with two attached hydrogens (primary N) is 2. The Labute approximate surface area is 130 Å². The summed E-state index contributed by atoms with van der Waals surface area (Å²) in [7, 11) is 0. The van der Waals surface area contributed by atoms with E-state index < -0.39 is 5.91 Å². The summed E-state index contributed by atoms with van der Waals surface area (Å²) in [5, 5.41) is 3.03. The second-order valence-corrected chi connectivity index (χ2v) is 4.05. The number of guanidine groups is 1. The molecule has 1 rings (SSSR count). The molecule has 0 aromatic heterocycles. The molecular weight excluding hydrogens is 355 g/mol. The van der Waals surface area contributed by atoms with Crippen molar-refractivity contribution < 1.29 is 4.79 Å². The summed E-state index contributed by atoms with van der Waals surface area (Å²) >= 11 is 0. The molecule has 19 heavy (non-hydrogen) atoms. The molecular formula is C13H21IN4O. The minimum atomic E-state index is -0.435. The van der Waals surface area contributed by atoms with E-state index >= 15 is 0 Å². The molecule has 0 saturated heterocycles. The van der Waals surface area contributed by atoms with Crippen LogP contribution in [-0.2, 0) is 6.54 Å². The number of carbonyl (C=O) groups excluding carboxylic acids is 1. The maximum absolute atomic E-state index is 11.0. The molecule has 0 aliphatic rings. The first-order valence-electron chi connectivity index (χ1n) is 6.06. The number of hydrogen-bond acceptors (Lipinski definition) is 2. The van der Waals surface area contributed by atoms with E-state index in [-0.39, 0.29) is 24.0 Å². The highest BCUT2D eigenvalue weighted by molar-refractivity contribution is 14.0. The molecule has 5 N–H and O–H groups in total. The number of nitrogens with zero attached hydrogens (tertiary/aromatic N) is 1. The first kappa shape index (κ1) is 17.7. The fourth-order valence-corrected chi connectivity index (χ4v) is 1.45. The fraction of sp³-hybridized carbons (Fsp3) is 0.385. The largest absolute Gasteiger partial charge is 0.370 e. The van der Waals surface area contributed by atoms with Crippen molar-refractivity contribution in [3.63, 3.8) is 0 Å². The number of rotatable bonds is 6. The Bertz CT molecular complexity index is 434. The van der Waals surface area contributed by atoms with E-state index in [0.29, 0.717) is 18.1 Å². The van der Waals surface area contributed by atoms with Gasteiger partial charge in [-0.1, -0.05) is 25.5 Å². The zero-order valence-corrected chi connectivity index (χ0v) is 13.4. The molecule has 0 aliphatic heterocycles. The maximum atomic E-state index is 11.0. The third kappa shape index (κ3) is 7.00. The average molecular weight is 376 g/mol. The number of unbranched alkanes of at least 4 members (excludes halogenated alkanes) is 1. The lowest BCUT2D eigenvalue weighted by Gasteiger charge is -2.04. The number of primary amides is 1. The lowest BCUT2D eigenvalue weighted by Crippen LogP contribution is -2.32. The number of hydrogen-bond donors (Lipinski definition) is 3. The van der Waals surface area contributed by atoms with Crippen LogP contribution in [0, 0.1) is 0 Å². The molecule has 0 atom stereocenters. The van der Waals surface area contributed by atoms with E-state index in [4.69, 9.17) is 11.5 Å². The summed E-state index contributed by atoms with van der Waals surface area (Å²) in [6.07, 6.45) is 2.17. The van der Waals surface area contributed by atoms with E-state index in [1.807, 2.05) is 6.07 Å². The third-order valence-electron chi connectivity index (χ3n) is 2.48. The zero-order valence-electron chi connectivity index (χ0n) is 11.1. The van der Waals surface area contributed by atoms with Gasteiger partial charge in [0.2, 0.25) is 5.91 Å². The highest BCUT2D eigenvalue weighted by Gasteiger charge is 2.00. The molecule has 0 aliphatic carbocycles. The number of amides is 1. The van der Waals surface area contributed by atoms with Gasteiger partial charge in [0.25, 0.3) is 0 Å². The summed E-state index contributed by atoms with van der Waals surface area (Å²) in [4.78, 5) is 15.2. The molecule has 0 saturated carbocycles. The molecule has 106 valence electrons. The van der Waals surface area contributed by atoms with Gasteiger partial charge in [0, 0.05) is 12.1 Å². The minimum absolute atomic E-state index is 0. The van der Waals surface area contributed by atoms with Crippen LogP contribution in [0.4, 0.5) is 0 Å². The van der Waals surface area contributed by atoms with E-state index in [0.717, 1.165) is 24.9 Å². The first-order chi connectivity index (χ1) is 8.63. The van der Waals surface area contributed by atoms with Crippen LogP contribution < -0.4 is 16.8 Å². The molecule has 0 spiro atoms. The Kier molecular flexibility index (Phi) is 8.94. The Balaban J connectivity index is 0.00000324. The SMILES string of the molecule is CCCCNC(N)=NCc1cccc(C(N)=O)c1.I. The van der Waals surface area contributed by atoms with Gasteiger partial charge in [0.05, 0.1) is 6.54 Å². The Morgan fingerprint density at radius 3 is 2.74 bits per heavy atom. The topological polar surface area (TPSA) is 93.5 Å². The van der Waals surface area contributed by atoms with Crippen LogP contribution in [0.3, 0.4) is 0 Å². The molecule has 0 heterocycles. The molecule has 1 aromatic rings. The lowest BCUT2D eigenvalue weighted by molar-refractivity contribution is 0.1000. The quantitative estimate of drug-likeness (QED) is 0.305. The summed E-state index contributed by atoms with van der Waals surface area (Å²) in [5.41, 5.74) is 12.3. The van der Waals surface area contributed by atoms with Crippen molar-refractivity contribution in [2.24, 2.45) is 16.5 Å². The van der Waals surface area contributed by atoms with Gasteiger partial charge < -0.3 is 16.8 Å². The monoisotopic (exact) mass is 376 g/mol. The Hall–Kier alpha value is -1.31. The molecule has 1 amide bonds. The number of aliphatic imine (C=N–C) groups is 1. The van der Waals surface area contributed by atoms with Gasteiger partial charge >= 0.3 is 0 Å². The van der Waals surface area contributed by atoms with Crippen LogP contribution in [0.5, 0.6) is 0 Å². The van der Waals surface area contributed by atoms with Crippen molar-refractivity contribution >= 4 is 35.8 Å². The predicted molar refractivity (Wildman–Crippen MR) is 88.6 cm³/mol. The van der Waals surface area contributed by atoms with Crippen LogP contribution in [0.2, 0.25) is 0 Å². The summed E-state index contributed by atoms with van der Waals surface area (Å²) in [6, 6.07) is 7.07. The van der Waals surface area contributed by atoms with Crippen molar-refractivity contribution in [2.75, 3.05) is 6.54 Å². The Morgan fingerprint density at radius 1 is 1.37 bits per heavy atom. The van der Waals surface area contributed by atoms with Gasteiger partial charge in [-0.2, -0.15) is 0 Å². The summed E-state index contributed by atoms with van der Waals surface area (Å²) in [5.74, 6) is -0.0113. The predicted octanol–water partition coefficient (Wildman–Crippen LogP) is 1.61. The summed E-state index contributed by atoms with van der Waals surface area (Å²) < 4.78 is 0. The third-order valence-corrected chi connectivity index (χ3v) is 2.48. The second-order valence-electron chi connectivity index (χ2n) is 4.05. The molecule has 1 aromatic carbocycles. The first-order valence-corrected chi connectivity index (χ1v) is 6.06. The molecule has 0 unspecified atom stereocenters. The number of nitrogens with one attached hydrogen (secondary N) is 1. The van der Waals surface area contributed by atoms with Crippen molar-refractivity contribution in [1.29, 1.82) is 0 Å². The lowest BCUT2D eigenvalue weighted by atomic mass is 10.1. The van der Waals surface area contributed by atoms with Crippen LogP contribution in [0.25, 0.3) is 0 Å². The van der Waals surface area contributed by atoms with E-state index in [9.17, 15) is 4.79 Å². The van der Waals surface area contributed by atoms with E-state index in [1.54, 1.807) is 18.2 Å². The molecule has 0 fully saturated rings.